The fourth-order valence-electron chi connectivity index (χ4n) is 11.1. The van der Waals surface area contributed by atoms with Crippen molar-refractivity contribution in [1.29, 1.82) is 0 Å². The molecule has 0 bridgehead atoms. The van der Waals surface area contributed by atoms with Crippen LogP contribution in [0.1, 0.15) is 277 Å². The number of carbonyl (C=O) groups excluding carboxylic acids is 1. The summed E-state index contributed by atoms with van der Waals surface area (Å²) in [5, 5.41) is 87.0. The molecule has 494 valence electrons. The lowest BCUT2D eigenvalue weighted by atomic mass is 9.97. The zero-order chi connectivity index (χ0) is 61.6. The van der Waals surface area contributed by atoms with E-state index in [1.165, 1.54) is 186 Å². The smallest absolute Gasteiger partial charge is 0.220 e. The highest BCUT2D eigenvalue weighted by atomic mass is 16.7. The van der Waals surface area contributed by atoms with E-state index in [0.717, 1.165) is 57.8 Å². The zero-order valence-corrected chi connectivity index (χ0v) is 53.6. The van der Waals surface area contributed by atoms with Gasteiger partial charge in [0.15, 0.2) is 12.6 Å². The Kier molecular flexibility index (Phi) is 51.3. The summed E-state index contributed by atoms with van der Waals surface area (Å²) < 4.78 is 22.7. The highest BCUT2D eigenvalue weighted by molar-refractivity contribution is 5.76. The number of carbonyl (C=O) groups is 1. The zero-order valence-electron chi connectivity index (χ0n) is 53.6. The molecule has 12 unspecified atom stereocenters. The van der Waals surface area contributed by atoms with Crippen LogP contribution < -0.4 is 5.32 Å². The van der Waals surface area contributed by atoms with Crippen molar-refractivity contribution in [2.24, 2.45) is 0 Å². The molecular formula is C71H127NO13. The van der Waals surface area contributed by atoms with Gasteiger partial charge < -0.3 is 65.1 Å². The molecular weight excluding hydrogens is 1070 g/mol. The van der Waals surface area contributed by atoms with E-state index in [-0.39, 0.29) is 18.9 Å². The van der Waals surface area contributed by atoms with Crippen LogP contribution >= 0.6 is 0 Å². The van der Waals surface area contributed by atoms with Gasteiger partial charge in [-0.1, -0.05) is 273 Å². The average molecular weight is 1200 g/mol. The minimum absolute atomic E-state index is 0.248. The topological polar surface area (TPSA) is 228 Å². The predicted molar refractivity (Wildman–Crippen MR) is 346 cm³/mol. The second-order valence-electron chi connectivity index (χ2n) is 24.3. The first-order valence-corrected chi connectivity index (χ1v) is 34.7. The van der Waals surface area contributed by atoms with Crippen molar-refractivity contribution >= 4 is 5.91 Å². The van der Waals surface area contributed by atoms with Gasteiger partial charge in [0.05, 0.1) is 32.0 Å². The molecule has 0 aliphatic carbocycles. The number of nitrogens with one attached hydrogen (secondary N) is 1. The molecule has 0 saturated carbocycles. The highest BCUT2D eigenvalue weighted by Gasteiger charge is 2.51. The van der Waals surface area contributed by atoms with Crippen LogP contribution in [0.5, 0.6) is 0 Å². The van der Waals surface area contributed by atoms with E-state index in [1.807, 2.05) is 6.08 Å². The Morgan fingerprint density at radius 1 is 0.435 bits per heavy atom. The minimum Gasteiger partial charge on any atom is -0.394 e. The highest BCUT2D eigenvalue weighted by Crippen LogP contribution is 2.30. The van der Waals surface area contributed by atoms with Gasteiger partial charge in [0.2, 0.25) is 5.91 Å². The van der Waals surface area contributed by atoms with Crippen molar-refractivity contribution in [3.63, 3.8) is 0 Å². The van der Waals surface area contributed by atoms with E-state index in [9.17, 15) is 45.6 Å². The number of aliphatic hydroxyl groups is 8. The molecule has 2 aliphatic rings. The van der Waals surface area contributed by atoms with Gasteiger partial charge >= 0.3 is 0 Å². The van der Waals surface area contributed by atoms with Gasteiger partial charge in [-0.2, -0.15) is 0 Å². The lowest BCUT2D eigenvalue weighted by molar-refractivity contribution is -0.359. The van der Waals surface area contributed by atoms with Crippen molar-refractivity contribution in [2.75, 3.05) is 19.8 Å². The van der Waals surface area contributed by atoms with Gasteiger partial charge in [-0.05, 0) is 70.6 Å². The maximum absolute atomic E-state index is 13.2. The lowest BCUT2D eigenvalue weighted by Gasteiger charge is -2.46. The van der Waals surface area contributed by atoms with Gasteiger partial charge in [-0.25, -0.2) is 0 Å². The van der Waals surface area contributed by atoms with Crippen LogP contribution in [-0.2, 0) is 23.7 Å². The van der Waals surface area contributed by atoms with Crippen LogP contribution in [0.25, 0.3) is 0 Å². The summed E-state index contributed by atoms with van der Waals surface area (Å²) in [5.74, 6) is -0.248. The molecule has 9 N–H and O–H groups in total. The first-order chi connectivity index (χ1) is 41.6. The van der Waals surface area contributed by atoms with Crippen molar-refractivity contribution in [3.8, 4) is 0 Å². The van der Waals surface area contributed by atoms with E-state index in [1.54, 1.807) is 6.08 Å². The molecule has 14 heteroatoms. The summed E-state index contributed by atoms with van der Waals surface area (Å²) in [6.45, 7) is 2.63. The Morgan fingerprint density at radius 3 is 1.29 bits per heavy atom. The first-order valence-electron chi connectivity index (χ1n) is 34.7. The molecule has 0 spiro atoms. The second kappa shape index (κ2) is 55.5. The monoisotopic (exact) mass is 1200 g/mol. The maximum Gasteiger partial charge on any atom is 0.220 e. The van der Waals surface area contributed by atoms with Crippen molar-refractivity contribution in [2.45, 2.75) is 351 Å². The number of aliphatic hydroxyl groups excluding tert-OH is 8. The largest absolute Gasteiger partial charge is 0.394 e. The van der Waals surface area contributed by atoms with Gasteiger partial charge in [0, 0.05) is 6.42 Å². The Labute approximate surface area is 517 Å². The number of hydrogen-bond donors (Lipinski definition) is 9. The van der Waals surface area contributed by atoms with E-state index in [4.69, 9.17) is 18.9 Å². The molecule has 1 amide bonds. The fraction of sp³-hybridized carbons (Fsp3) is 0.817. The fourth-order valence-corrected chi connectivity index (χ4v) is 11.1. The molecule has 2 heterocycles. The van der Waals surface area contributed by atoms with E-state index in [0.29, 0.717) is 12.8 Å². The van der Waals surface area contributed by atoms with Gasteiger partial charge in [-0.15, -0.1) is 0 Å². The molecule has 85 heavy (non-hydrogen) atoms. The summed E-state index contributed by atoms with van der Waals surface area (Å²) in [6.07, 6.45) is 58.8. The van der Waals surface area contributed by atoms with Crippen LogP contribution in [-0.4, -0.2) is 140 Å². The molecule has 2 rings (SSSR count). The molecule has 2 fully saturated rings. The van der Waals surface area contributed by atoms with Crippen molar-refractivity contribution in [3.05, 3.63) is 72.9 Å². The van der Waals surface area contributed by atoms with Crippen LogP contribution in [0.15, 0.2) is 72.9 Å². The summed E-state index contributed by atoms with van der Waals surface area (Å²) in [6, 6.07) is -0.930. The van der Waals surface area contributed by atoms with Gasteiger partial charge in [0.25, 0.3) is 0 Å². The summed E-state index contributed by atoms with van der Waals surface area (Å²) >= 11 is 0. The van der Waals surface area contributed by atoms with E-state index in [2.05, 4.69) is 79.9 Å². The standard InChI is InChI=1S/C71H127NO13/c1-3-5-7-9-11-13-15-16-17-18-19-20-21-22-23-24-25-26-27-28-29-30-31-32-33-34-35-36-37-38-39-40-41-42-43-44-45-47-49-51-53-55-63(76)72-59(60(75)54-52-50-48-46-14-12-10-8-6-4-2)58-82-70-68(81)66(79)69(62(57-74)84-70)85-71-67(80)65(78)64(77)61(56-73)83-71/h5,7,11,13-14,16-17,19-20,46,52,54,59-62,64-71,73-75,77-81H,3-4,6,8-10,12,15,18,21-45,47-51,53,55-58H2,1-2H3,(H,72,76)/b7-5-,13-11-,17-16-,20-19-,46-14+,54-52+. The van der Waals surface area contributed by atoms with Crippen LogP contribution in [0, 0.1) is 0 Å². The Bertz CT molecular complexity index is 1700. The van der Waals surface area contributed by atoms with Crippen molar-refractivity contribution in [1.82, 2.24) is 5.32 Å². The predicted octanol–water partition coefficient (Wildman–Crippen LogP) is 13.8. The SMILES string of the molecule is CC/C=C\C/C=C\C/C=C\C/C=C\CCCCCCCCCCCCCCCCCCCCCCCCCCCCCCC(=O)NC(COC1OC(CO)C(OC2OC(CO)C(O)C(O)C2O)C(O)C1O)C(O)/C=C/CC/C=C/CCCCCC. The molecule has 0 aromatic rings. The molecule has 0 radical (unpaired) electrons. The third kappa shape index (κ3) is 39.9. The number of allylic oxidation sites excluding steroid dienone is 11. The molecule has 0 aromatic carbocycles. The van der Waals surface area contributed by atoms with E-state index >= 15 is 0 Å². The van der Waals surface area contributed by atoms with Gasteiger partial charge in [0.1, 0.15) is 48.8 Å². The van der Waals surface area contributed by atoms with Crippen LogP contribution in [0.4, 0.5) is 0 Å². The maximum atomic E-state index is 13.2. The van der Waals surface area contributed by atoms with Crippen LogP contribution in [0.2, 0.25) is 0 Å². The summed E-state index contributed by atoms with van der Waals surface area (Å²) in [7, 11) is 0. The summed E-state index contributed by atoms with van der Waals surface area (Å²) in [4.78, 5) is 13.2. The number of amides is 1. The third-order valence-electron chi connectivity index (χ3n) is 16.6. The lowest BCUT2D eigenvalue weighted by Crippen LogP contribution is -2.65. The Hall–Kier alpha value is -2.57. The third-order valence-corrected chi connectivity index (χ3v) is 16.6. The number of rotatable bonds is 56. The number of ether oxygens (including phenoxy) is 4. The second-order valence-corrected chi connectivity index (χ2v) is 24.3. The number of unbranched alkanes of at least 4 members (excludes halogenated alkanes) is 33. The number of hydrogen-bond acceptors (Lipinski definition) is 13. The minimum atomic E-state index is -1.79. The molecule has 2 aliphatic heterocycles. The average Bonchev–Trinajstić information content (AvgIpc) is 2.93. The van der Waals surface area contributed by atoms with E-state index < -0.39 is 86.8 Å². The molecule has 0 aromatic heterocycles. The Morgan fingerprint density at radius 2 is 0.824 bits per heavy atom. The first kappa shape index (κ1) is 78.5. The Balaban J connectivity index is 1.51. The summed E-state index contributed by atoms with van der Waals surface area (Å²) in [5.41, 5.74) is 0. The molecule has 12 atom stereocenters. The normalized spacial score (nSPS) is 24.0. The quantitative estimate of drug-likeness (QED) is 0.0204. The van der Waals surface area contributed by atoms with Gasteiger partial charge in [-0.3, -0.25) is 4.79 Å². The van der Waals surface area contributed by atoms with Crippen LogP contribution in [0.3, 0.4) is 0 Å². The van der Waals surface area contributed by atoms with Crippen molar-refractivity contribution < 1.29 is 64.6 Å². The molecule has 2 saturated heterocycles. The molecule has 14 nitrogen and oxygen atoms in total.